The van der Waals surface area contributed by atoms with E-state index in [9.17, 15) is 4.79 Å². The van der Waals surface area contributed by atoms with Crippen LogP contribution in [0, 0.1) is 5.92 Å². The van der Waals surface area contributed by atoms with Gasteiger partial charge in [0.25, 0.3) is 0 Å². The van der Waals surface area contributed by atoms with E-state index in [0.717, 1.165) is 25.0 Å². The molecule has 0 radical (unpaired) electrons. The summed E-state index contributed by atoms with van der Waals surface area (Å²) in [4.78, 5) is 15.1. The summed E-state index contributed by atoms with van der Waals surface area (Å²) in [6.45, 7) is 2.14. The summed E-state index contributed by atoms with van der Waals surface area (Å²) in [5.74, 6) is 0.629. The van der Waals surface area contributed by atoms with E-state index in [1.165, 1.54) is 16.6 Å². The normalized spacial score (nSPS) is 27.9. The molecular weight excluding hydrogens is 248 g/mol. The topological polar surface area (TPSA) is 25.2 Å². The number of carbonyl (C=O) groups excluding carboxylic acids is 1. The van der Waals surface area contributed by atoms with Crippen molar-refractivity contribution in [3.63, 3.8) is 0 Å². The highest BCUT2D eigenvalue weighted by atomic mass is 16.2. The third kappa shape index (κ3) is 1.17. The first kappa shape index (κ1) is 10.9. The molecule has 3 heteroatoms. The second kappa shape index (κ2) is 3.61. The summed E-state index contributed by atoms with van der Waals surface area (Å²) in [5, 5.41) is 1.28. The molecule has 0 aliphatic carbocycles. The molecule has 1 aromatic carbocycles. The molecule has 0 saturated carbocycles. The molecule has 3 nitrogen and oxygen atoms in total. The van der Waals surface area contributed by atoms with Crippen LogP contribution >= 0.6 is 0 Å². The molecule has 1 aromatic heterocycles. The molecule has 0 unspecified atom stereocenters. The van der Waals surface area contributed by atoms with E-state index in [4.69, 9.17) is 0 Å². The summed E-state index contributed by atoms with van der Waals surface area (Å²) in [6, 6.07) is 8.80. The maximum atomic E-state index is 12.6. The lowest BCUT2D eigenvalue weighted by Crippen LogP contribution is -2.46. The van der Waals surface area contributed by atoms with Crippen LogP contribution in [-0.4, -0.2) is 28.5 Å². The summed E-state index contributed by atoms with van der Waals surface area (Å²) in [7, 11) is 0. The van der Waals surface area contributed by atoms with Crippen molar-refractivity contribution >= 4 is 16.8 Å². The second-order valence-electron chi connectivity index (χ2n) is 6.10. The number of para-hydroxylation sites is 1. The highest BCUT2D eigenvalue weighted by Gasteiger charge is 2.43. The zero-order valence-electron chi connectivity index (χ0n) is 11.2. The Kier molecular flexibility index (Phi) is 1.96. The minimum Gasteiger partial charge on any atom is -0.290 e. The Bertz CT molecular complexity index is 771. The Morgan fingerprint density at radius 3 is 3.05 bits per heavy atom. The first-order chi connectivity index (χ1) is 9.84. The van der Waals surface area contributed by atoms with Crippen molar-refractivity contribution in [1.82, 2.24) is 9.47 Å². The number of rotatable bonds is 0. The van der Waals surface area contributed by atoms with E-state index in [1.807, 2.05) is 10.6 Å². The van der Waals surface area contributed by atoms with Gasteiger partial charge >= 0.3 is 0 Å². The van der Waals surface area contributed by atoms with Crippen molar-refractivity contribution < 1.29 is 4.79 Å². The van der Waals surface area contributed by atoms with E-state index in [-0.39, 0.29) is 5.91 Å². The lowest BCUT2D eigenvalue weighted by Gasteiger charge is -2.44. The van der Waals surface area contributed by atoms with Crippen molar-refractivity contribution in [2.75, 3.05) is 13.1 Å². The summed E-state index contributed by atoms with van der Waals surface area (Å²) >= 11 is 0. The third-order valence-electron chi connectivity index (χ3n) is 5.13. The Hall–Kier alpha value is -1.87. The van der Waals surface area contributed by atoms with Gasteiger partial charge in [0, 0.05) is 36.5 Å². The average Bonchev–Trinajstić information content (AvgIpc) is 2.82. The quantitative estimate of drug-likeness (QED) is 0.684. The van der Waals surface area contributed by atoms with Crippen LogP contribution in [0.2, 0.25) is 0 Å². The van der Waals surface area contributed by atoms with Crippen molar-refractivity contribution in [3.05, 3.63) is 47.7 Å². The number of aromatic nitrogens is 1. The van der Waals surface area contributed by atoms with Crippen LogP contribution in [0.15, 0.2) is 36.4 Å². The number of nitrogens with zero attached hydrogens (tertiary/aromatic N) is 2. The van der Waals surface area contributed by atoms with Gasteiger partial charge in [0.1, 0.15) is 0 Å². The Balaban J connectivity index is 1.91. The molecule has 0 spiro atoms. The van der Waals surface area contributed by atoms with E-state index in [0.29, 0.717) is 18.4 Å². The van der Waals surface area contributed by atoms with E-state index >= 15 is 0 Å². The van der Waals surface area contributed by atoms with Crippen LogP contribution in [0.4, 0.5) is 0 Å². The molecule has 0 bridgehead atoms. The molecule has 0 fully saturated rings. The average molecular weight is 264 g/mol. The second-order valence-corrected chi connectivity index (χ2v) is 6.10. The molecule has 0 N–H and O–H groups in total. The highest BCUT2D eigenvalue weighted by Crippen LogP contribution is 2.46. The summed E-state index contributed by atoms with van der Waals surface area (Å²) < 4.78 is 2.01. The highest BCUT2D eigenvalue weighted by molar-refractivity contribution is 5.97. The molecule has 2 aromatic rings. The fourth-order valence-corrected chi connectivity index (χ4v) is 4.36. The molecule has 5 rings (SSSR count). The number of hydrogen-bond acceptors (Lipinski definition) is 2. The van der Waals surface area contributed by atoms with Gasteiger partial charge in [0.05, 0.1) is 11.6 Å². The van der Waals surface area contributed by atoms with E-state index in [2.05, 4.69) is 35.3 Å². The standard InChI is InChI=1S/C17H16N2O/c20-15-10-11-4-3-8-18-9-7-13-12-5-1-2-6-14(12)19(15)17(13)16(11)18/h1-6,11,16H,7-10H2/t11-,16+/m1/s1. The Morgan fingerprint density at radius 1 is 1.20 bits per heavy atom. The van der Waals surface area contributed by atoms with Crippen LogP contribution < -0.4 is 0 Å². The predicted octanol–water partition coefficient (Wildman–Crippen LogP) is 2.77. The zero-order valence-corrected chi connectivity index (χ0v) is 11.2. The van der Waals surface area contributed by atoms with Crippen LogP contribution in [0.1, 0.15) is 28.5 Å². The van der Waals surface area contributed by atoms with E-state index < -0.39 is 0 Å². The molecule has 20 heavy (non-hydrogen) atoms. The van der Waals surface area contributed by atoms with Gasteiger partial charge in [-0.1, -0.05) is 30.4 Å². The van der Waals surface area contributed by atoms with Gasteiger partial charge in [-0.15, -0.1) is 0 Å². The van der Waals surface area contributed by atoms with Gasteiger partial charge in [0.2, 0.25) is 5.91 Å². The number of carbonyl (C=O) groups is 1. The van der Waals surface area contributed by atoms with Crippen LogP contribution in [-0.2, 0) is 6.42 Å². The molecule has 3 aliphatic rings. The monoisotopic (exact) mass is 264 g/mol. The lowest BCUT2D eigenvalue weighted by atomic mass is 9.82. The molecule has 100 valence electrons. The van der Waals surface area contributed by atoms with Gasteiger partial charge in [-0.3, -0.25) is 14.3 Å². The van der Waals surface area contributed by atoms with E-state index in [1.54, 1.807) is 0 Å². The Morgan fingerprint density at radius 2 is 2.10 bits per heavy atom. The van der Waals surface area contributed by atoms with Crippen LogP contribution in [0.5, 0.6) is 0 Å². The van der Waals surface area contributed by atoms with Gasteiger partial charge in [-0.05, 0) is 18.1 Å². The minimum atomic E-state index is 0.261. The predicted molar refractivity (Wildman–Crippen MR) is 77.8 cm³/mol. The van der Waals surface area contributed by atoms with Crippen LogP contribution in [0.3, 0.4) is 0 Å². The van der Waals surface area contributed by atoms with Gasteiger partial charge < -0.3 is 0 Å². The molecule has 0 amide bonds. The minimum absolute atomic E-state index is 0.261. The molecule has 3 aliphatic heterocycles. The van der Waals surface area contributed by atoms with Gasteiger partial charge in [0.15, 0.2) is 0 Å². The molecule has 0 saturated heterocycles. The van der Waals surface area contributed by atoms with Crippen molar-refractivity contribution in [3.8, 4) is 0 Å². The maximum absolute atomic E-state index is 12.6. The fourth-order valence-electron chi connectivity index (χ4n) is 4.36. The first-order valence-corrected chi connectivity index (χ1v) is 7.41. The van der Waals surface area contributed by atoms with Gasteiger partial charge in [-0.25, -0.2) is 0 Å². The summed E-state index contributed by atoms with van der Waals surface area (Å²) in [5.41, 5.74) is 3.80. The number of fused-ring (bicyclic) bond motifs is 3. The maximum Gasteiger partial charge on any atom is 0.232 e. The van der Waals surface area contributed by atoms with Crippen molar-refractivity contribution in [1.29, 1.82) is 0 Å². The summed E-state index contributed by atoms with van der Waals surface area (Å²) in [6.07, 6.45) is 6.20. The fraction of sp³-hybridized carbons (Fsp3) is 0.353. The Labute approximate surface area is 117 Å². The number of benzene rings is 1. The molecule has 2 atom stereocenters. The number of hydrogen-bond donors (Lipinski definition) is 0. The smallest absolute Gasteiger partial charge is 0.232 e. The SMILES string of the molecule is O=C1C[C@H]2C=CCN3CCc4c(n1c1ccccc41)[C@H]23. The third-order valence-corrected chi connectivity index (χ3v) is 5.13. The zero-order chi connectivity index (χ0) is 13.3. The molecule has 4 heterocycles. The largest absolute Gasteiger partial charge is 0.290 e. The lowest BCUT2D eigenvalue weighted by molar-refractivity contribution is 0.0737. The first-order valence-electron chi connectivity index (χ1n) is 7.41. The van der Waals surface area contributed by atoms with Crippen molar-refractivity contribution in [2.45, 2.75) is 18.9 Å². The van der Waals surface area contributed by atoms with Crippen LogP contribution in [0.25, 0.3) is 10.9 Å². The van der Waals surface area contributed by atoms with Crippen molar-refractivity contribution in [2.24, 2.45) is 5.92 Å². The van der Waals surface area contributed by atoms with Gasteiger partial charge in [-0.2, -0.15) is 0 Å². The molecular formula is C17H16N2O.